The Morgan fingerprint density at radius 3 is 2.35 bits per heavy atom. The molecule has 0 saturated heterocycles. The Bertz CT molecular complexity index is 642. The third-order valence-corrected chi connectivity index (χ3v) is 3.53. The maximum atomic E-state index is 11.0. The van der Waals surface area contributed by atoms with E-state index in [0.29, 0.717) is 26.3 Å². The number of benzene rings is 2. The van der Waals surface area contributed by atoms with Crippen LogP contribution in [-0.4, -0.2) is 4.92 Å². The van der Waals surface area contributed by atoms with Crippen LogP contribution in [0.2, 0.25) is 15.1 Å². The molecule has 2 aromatic carbocycles. The Labute approximate surface area is 130 Å². The second-order valence-electron chi connectivity index (χ2n) is 3.98. The van der Waals surface area contributed by atoms with E-state index in [1.54, 1.807) is 30.3 Å². The molecule has 0 spiro atoms. The molecule has 0 heterocycles. The highest BCUT2D eigenvalue weighted by Gasteiger charge is 2.15. The number of nitrogens with zero attached hydrogens (tertiary/aromatic N) is 1. The van der Waals surface area contributed by atoms with Crippen molar-refractivity contribution in [1.82, 2.24) is 0 Å². The second-order valence-corrected chi connectivity index (χ2v) is 5.23. The number of hydrogen-bond acceptors (Lipinski definition) is 3. The van der Waals surface area contributed by atoms with Crippen LogP contribution in [0.4, 0.5) is 11.4 Å². The van der Waals surface area contributed by atoms with Crippen molar-refractivity contribution < 1.29 is 4.92 Å². The number of rotatable bonds is 4. The highest BCUT2D eigenvalue weighted by atomic mass is 35.5. The Kier molecular flexibility index (Phi) is 4.70. The average Bonchev–Trinajstić information content (AvgIpc) is 2.39. The van der Waals surface area contributed by atoms with Crippen LogP contribution in [0.5, 0.6) is 0 Å². The first-order valence-corrected chi connectivity index (χ1v) is 6.73. The Morgan fingerprint density at radius 2 is 1.75 bits per heavy atom. The lowest BCUT2D eigenvalue weighted by Crippen LogP contribution is -2.04. The minimum Gasteiger partial charge on any atom is -0.378 e. The van der Waals surface area contributed by atoms with Crippen molar-refractivity contribution in [3.8, 4) is 0 Å². The molecule has 20 heavy (non-hydrogen) atoms. The molecule has 0 atom stereocenters. The average molecular weight is 332 g/mol. The molecule has 2 aromatic rings. The fraction of sp³-hybridized carbons (Fsp3) is 0.0769. The highest BCUT2D eigenvalue weighted by Crippen LogP contribution is 2.31. The third-order valence-electron chi connectivity index (χ3n) is 2.66. The zero-order valence-corrected chi connectivity index (χ0v) is 12.3. The topological polar surface area (TPSA) is 55.2 Å². The van der Waals surface area contributed by atoms with Crippen LogP contribution in [0.3, 0.4) is 0 Å². The normalized spacial score (nSPS) is 10.3. The number of nitrogens with one attached hydrogen (secondary N) is 1. The van der Waals surface area contributed by atoms with E-state index in [9.17, 15) is 10.1 Å². The number of halogens is 3. The maximum absolute atomic E-state index is 11.0. The van der Waals surface area contributed by atoms with Gasteiger partial charge in [-0.1, -0.05) is 40.9 Å². The molecule has 0 aliphatic rings. The van der Waals surface area contributed by atoms with Gasteiger partial charge in [0.15, 0.2) is 0 Å². The van der Waals surface area contributed by atoms with Gasteiger partial charge in [0.2, 0.25) is 0 Å². The molecule has 104 valence electrons. The van der Waals surface area contributed by atoms with Crippen molar-refractivity contribution >= 4 is 46.2 Å². The van der Waals surface area contributed by atoms with E-state index < -0.39 is 4.92 Å². The Morgan fingerprint density at radius 1 is 1.10 bits per heavy atom. The summed E-state index contributed by atoms with van der Waals surface area (Å²) in [6.45, 7) is 0.219. The molecule has 4 nitrogen and oxygen atoms in total. The van der Waals surface area contributed by atoms with Gasteiger partial charge in [-0.15, -0.1) is 0 Å². The second kappa shape index (κ2) is 6.31. The van der Waals surface area contributed by atoms with Crippen molar-refractivity contribution in [1.29, 1.82) is 0 Å². The summed E-state index contributed by atoms with van der Waals surface area (Å²) in [6, 6.07) is 9.60. The SMILES string of the molecule is O=[N+]([O-])c1cc(Cl)ccc1CNc1c(Cl)cccc1Cl. The summed E-state index contributed by atoms with van der Waals surface area (Å²) >= 11 is 17.8. The fourth-order valence-corrected chi connectivity index (χ4v) is 2.40. The first-order chi connectivity index (χ1) is 9.49. The molecule has 0 radical (unpaired) electrons. The van der Waals surface area contributed by atoms with Crippen LogP contribution >= 0.6 is 34.8 Å². The summed E-state index contributed by atoms with van der Waals surface area (Å²) in [5, 5.41) is 15.2. The molecule has 0 bridgehead atoms. The van der Waals surface area contributed by atoms with Crippen LogP contribution in [0.25, 0.3) is 0 Å². The number of nitro groups is 1. The fourth-order valence-electron chi connectivity index (χ4n) is 1.71. The maximum Gasteiger partial charge on any atom is 0.275 e. The summed E-state index contributed by atoms with van der Waals surface area (Å²) < 4.78 is 0. The van der Waals surface area contributed by atoms with Gasteiger partial charge in [0.25, 0.3) is 5.69 Å². The summed E-state index contributed by atoms with van der Waals surface area (Å²) in [4.78, 5) is 10.5. The lowest BCUT2D eigenvalue weighted by Gasteiger charge is -2.10. The largest absolute Gasteiger partial charge is 0.378 e. The molecule has 2 rings (SSSR count). The molecule has 0 aromatic heterocycles. The quantitative estimate of drug-likeness (QED) is 0.621. The van der Waals surface area contributed by atoms with E-state index in [0.717, 1.165) is 0 Å². The molecule has 1 N–H and O–H groups in total. The minimum atomic E-state index is -0.475. The summed E-state index contributed by atoms with van der Waals surface area (Å²) in [5.41, 5.74) is 0.989. The van der Waals surface area contributed by atoms with Crippen LogP contribution in [-0.2, 0) is 6.54 Å². The minimum absolute atomic E-state index is 0.0480. The van der Waals surface area contributed by atoms with Gasteiger partial charge in [-0.25, -0.2) is 0 Å². The number of nitro benzene ring substituents is 1. The first-order valence-electron chi connectivity index (χ1n) is 5.59. The van der Waals surface area contributed by atoms with E-state index in [2.05, 4.69) is 5.32 Å². The van der Waals surface area contributed by atoms with Crippen molar-refractivity contribution in [2.75, 3.05) is 5.32 Å². The predicted octanol–water partition coefficient (Wildman–Crippen LogP) is 5.17. The lowest BCUT2D eigenvalue weighted by molar-refractivity contribution is -0.385. The van der Waals surface area contributed by atoms with E-state index in [4.69, 9.17) is 34.8 Å². The monoisotopic (exact) mass is 330 g/mol. The standard InChI is InChI=1S/C13H9Cl3N2O2/c14-9-5-4-8(12(6-9)18(19)20)7-17-13-10(15)2-1-3-11(13)16/h1-6,17H,7H2. The molecular formula is C13H9Cl3N2O2. The highest BCUT2D eigenvalue weighted by molar-refractivity contribution is 6.39. The number of para-hydroxylation sites is 1. The lowest BCUT2D eigenvalue weighted by atomic mass is 10.1. The summed E-state index contributed by atoms with van der Waals surface area (Å²) in [7, 11) is 0. The molecule has 0 saturated carbocycles. The van der Waals surface area contributed by atoms with Crippen molar-refractivity contribution in [3.05, 3.63) is 67.1 Å². The van der Waals surface area contributed by atoms with Gasteiger partial charge in [-0.3, -0.25) is 10.1 Å². The molecule has 0 aliphatic carbocycles. The van der Waals surface area contributed by atoms with Gasteiger partial charge in [0.05, 0.1) is 20.7 Å². The molecule has 0 unspecified atom stereocenters. The van der Waals surface area contributed by atoms with Gasteiger partial charge in [0.1, 0.15) is 0 Å². The molecule has 7 heteroatoms. The molecular weight excluding hydrogens is 323 g/mol. The predicted molar refractivity (Wildman–Crippen MR) is 81.9 cm³/mol. The zero-order valence-electron chi connectivity index (χ0n) is 10.1. The Hall–Kier alpha value is -1.49. The summed E-state index contributed by atoms with van der Waals surface area (Å²) in [6.07, 6.45) is 0. The zero-order chi connectivity index (χ0) is 14.7. The van der Waals surface area contributed by atoms with E-state index in [1.807, 2.05) is 0 Å². The van der Waals surface area contributed by atoms with Crippen LogP contribution in [0.15, 0.2) is 36.4 Å². The molecule has 0 aliphatic heterocycles. The van der Waals surface area contributed by atoms with Crippen LogP contribution in [0, 0.1) is 10.1 Å². The van der Waals surface area contributed by atoms with E-state index >= 15 is 0 Å². The number of anilines is 1. The van der Waals surface area contributed by atoms with E-state index in [1.165, 1.54) is 6.07 Å². The van der Waals surface area contributed by atoms with Crippen molar-refractivity contribution in [2.45, 2.75) is 6.54 Å². The van der Waals surface area contributed by atoms with Gasteiger partial charge < -0.3 is 5.32 Å². The van der Waals surface area contributed by atoms with Crippen LogP contribution < -0.4 is 5.32 Å². The van der Waals surface area contributed by atoms with Gasteiger partial charge in [-0.05, 0) is 24.3 Å². The summed E-state index contributed by atoms with van der Waals surface area (Å²) in [5.74, 6) is 0. The van der Waals surface area contributed by atoms with Gasteiger partial charge >= 0.3 is 0 Å². The molecule has 0 amide bonds. The van der Waals surface area contributed by atoms with Crippen molar-refractivity contribution in [3.63, 3.8) is 0 Å². The first kappa shape index (κ1) is 14.9. The van der Waals surface area contributed by atoms with Crippen molar-refractivity contribution in [2.24, 2.45) is 0 Å². The Balaban J connectivity index is 2.25. The smallest absolute Gasteiger partial charge is 0.275 e. The van der Waals surface area contributed by atoms with Gasteiger partial charge in [0, 0.05) is 23.2 Å². The van der Waals surface area contributed by atoms with E-state index in [-0.39, 0.29) is 12.2 Å². The van der Waals surface area contributed by atoms with Crippen LogP contribution in [0.1, 0.15) is 5.56 Å². The third kappa shape index (κ3) is 3.33. The molecule has 0 fully saturated rings. The van der Waals surface area contributed by atoms with Gasteiger partial charge in [-0.2, -0.15) is 0 Å². The number of hydrogen-bond donors (Lipinski definition) is 1.